The van der Waals surface area contributed by atoms with Gasteiger partial charge in [0.05, 0.1) is 17.4 Å². The van der Waals surface area contributed by atoms with Crippen molar-refractivity contribution in [3.8, 4) is 11.1 Å². The highest BCUT2D eigenvalue weighted by atomic mass is 35.5. The van der Waals surface area contributed by atoms with Crippen LogP contribution in [0.3, 0.4) is 0 Å². The van der Waals surface area contributed by atoms with Crippen molar-refractivity contribution in [2.45, 2.75) is 6.54 Å². The molecule has 0 fully saturated rings. The number of benzene rings is 1. The van der Waals surface area contributed by atoms with Crippen molar-refractivity contribution < 1.29 is 4.79 Å². The highest BCUT2D eigenvalue weighted by Crippen LogP contribution is 2.31. The molecule has 0 aliphatic heterocycles. The molecule has 0 atom stereocenters. The number of anilines is 1. The molecular formula is C19H12Cl2N4O2S. The highest BCUT2D eigenvalue weighted by Gasteiger charge is 2.15. The summed E-state index contributed by atoms with van der Waals surface area (Å²) in [4.78, 5) is 34.2. The summed E-state index contributed by atoms with van der Waals surface area (Å²) in [5, 5.41) is 5.79. The van der Waals surface area contributed by atoms with Crippen LogP contribution in [0.15, 0.2) is 59.1 Å². The van der Waals surface area contributed by atoms with Crippen LogP contribution < -0.4 is 10.9 Å². The molecule has 0 aliphatic carbocycles. The van der Waals surface area contributed by atoms with Gasteiger partial charge in [0.15, 0.2) is 5.15 Å². The van der Waals surface area contributed by atoms with E-state index in [1.165, 1.54) is 28.4 Å². The predicted octanol–water partition coefficient (Wildman–Crippen LogP) is 4.47. The minimum absolute atomic E-state index is 0.180. The van der Waals surface area contributed by atoms with Crippen molar-refractivity contribution in [2.75, 3.05) is 5.32 Å². The fourth-order valence-corrected chi connectivity index (χ4v) is 3.94. The molecule has 0 aliphatic rings. The quantitative estimate of drug-likeness (QED) is 0.484. The van der Waals surface area contributed by atoms with Gasteiger partial charge in [0, 0.05) is 22.2 Å². The number of amides is 1. The van der Waals surface area contributed by atoms with Gasteiger partial charge in [0.2, 0.25) is 5.91 Å². The van der Waals surface area contributed by atoms with Crippen molar-refractivity contribution in [2.24, 2.45) is 0 Å². The number of rotatable bonds is 4. The third-order valence-corrected chi connectivity index (χ3v) is 5.50. The van der Waals surface area contributed by atoms with E-state index < -0.39 is 5.91 Å². The van der Waals surface area contributed by atoms with Gasteiger partial charge in [-0.05, 0) is 29.8 Å². The zero-order valence-electron chi connectivity index (χ0n) is 14.2. The van der Waals surface area contributed by atoms with E-state index in [2.05, 4.69) is 15.3 Å². The Hall–Kier alpha value is -2.74. The first-order chi connectivity index (χ1) is 13.5. The zero-order valence-corrected chi connectivity index (χ0v) is 16.6. The van der Waals surface area contributed by atoms with Crippen LogP contribution in [0.1, 0.15) is 0 Å². The first kappa shape index (κ1) is 18.6. The van der Waals surface area contributed by atoms with Crippen molar-refractivity contribution >= 4 is 56.3 Å². The van der Waals surface area contributed by atoms with Crippen molar-refractivity contribution in [3.63, 3.8) is 0 Å². The molecule has 0 radical (unpaired) electrons. The summed E-state index contributed by atoms with van der Waals surface area (Å²) >= 11 is 13.3. The molecule has 0 saturated heterocycles. The molecule has 0 saturated carbocycles. The van der Waals surface area contributed by atoms with E-state index in [4.69, 9.17) is 23.2 Å². The van der Waals surface area contributed by atoms with Gasteiger partial charge in [-0.2, -0.15) is 0 Å². The van der Waals surface area contributed by atoms with Gasteiger partial charge in [-0.15, -0.1) is 11.3 Å². The third-order valence-electron chi connectivity index (χ3n) is 4.06. The Morgan fingerprint density at radius 3 is 2.68 bits per heavy atom. The average molecular weight is 431 g/mol. The molecule has 6 nitrogen and oxygen atoms in total. The van der Waals surface area contributed by atoms with E-state index >= 15 is 0 Å². The minimum atomic E-state index is -0.401. The maximum atomic E-state index is 13.0. The SMILES string of the molecule is O=C(Cn1cnc2scc(-c3ccc(Cl)cc3)c2c1=O)Nc1cccnc1Cl. The lowest BCUT2D eigenvalue weighted by atomic mass is 10.1. The normalized spacial score (nSPS) is 10.9. The number of hydrogen-bond acceptors (Lipinski definition) is 5. The lowest BCUT2D eigenvalue weighted by Crippen LogP contribution is -2.27. The number of thiophene rings is 1. The fourth-order valence-electron chi connectivity index (χ4n) is 2.75. The molecule has 0 unspecified atom stereocenters. The Bertz CT molecular complexity index is 1230. The molecule has 3 aromatic heterocycles. The molecule has 140 valence electrons. The summed E-state index contributed by atoms with van der Waals surface area (Å²) in [5.41, 5.74) is 1.72. The Morgan fingerprint density at radius 1 is 1.14 bits per heavy atom. The molecule has 1 amide bonds. The number of aromatic nitrogens is 3. The number of nitrogens with zero attached hydrogens (tertiary/aromatic N) is 3. The summed E-state index contributed by atoms with van der Waals surface area (Å²) in [6.45, 7) is -0.192. The lowest BCUT2D eigenvalue weighted by Gasteiger charge is -2.08. The Labute approximate surface area is 173 Å². The maximum absolute atomic E-state index is 13.0. The smallest absolute Gasteiger partial charge is 0.263 e. The standard InChI is InChI=1S/C19H12Cl2N4O2S/c20-12-5-3-11(4-6-12)13-9-28-18-16(13)19(27)25(10-23-18)8-15(26)24-14-2-1-7-22-17(14)21/h1-7,9-10H,8H2,(H,24,26). The molecule has 28 heavy (non-hydrogen) atoms. The number of pyridine rings is 1. The Kier molecular flexibility index (Phi) is 5.13. The molecule has 0 spiro atoms. The Balaban J connectivity index is 1.67. The predicted molar refractivity (Wildman–Crippen MR) is 112 cm³/mol. The average Bonchev–Trinajstić information content (AvgIpc) is 3.11. The van der Waals surface area contributed by atoms with Gasteiger partial charge in [0.25, 0.3) is 5.56 Å². The van der Waals surface area contributed by atoms with Crippen LogP contribution in [0.25, 0.3) is 21.3 Å². The summed E-state index contributed by atoms with van der Waals surface area (Å²) < 4.78 is 1.27. The topological polar surface area (TPSA) is 76.9 Å². The van der Waals surface area contributed by atoms with Gasteiger partial charge in [-0.1, -0.05) is 35.3 Å². The summed E-state index contributed by atoms with van der Waals surface area (Å²) in [7, 11) is 0. The zero-order chi connectivity index (χ0) is 19.7. The molecule has 4 aromatic rings. The van der Waals surface area contributed by atoms with Crippen LogP contribution in [0, 0.1) is 0 Å². The van der Waals surface area contributed by atoms with Gasteiger partial charge >= 0.3 is 0 Å². The van der Waals surface area contributed by atoms with Gasteiger partial charge in [-0.25, -0.2) is 9.97 Å². The second kappa shape index (κ2) is 7.71. The first-order valence-electron chi connectivity index (χ1n) is 8.16. The van der Waals surface area contributed by atoms with Crippen LogP contribution in [-0.4, -0.2) is 20.4 Å². The van der Waals surface area contributed by atoms with Crippen LogP contribution in [0.2, 0.25) is 10.2 Å². The fraction of sp³-hybridized carbons (Fsp3) is 0.0526. The molecule has 4 rings (SSSR count). The largest absolute Gasteiger partial charge is 0.322 e. The van der Waals surface area contributed by atoms with E-state index in [1.54, 1.807) is 24.3 Å². The number of carbonyl (C=O) groups excluding carboxylic acids is 1. The first-order valence-corrected chi connectivity index (χ1v) is 9.79. The van der Waals surface area contributed by atoms with E-state index in [0.717, 1.165) is 11.1 Å². The summed E-state index contributed by atoms with van der Waals surface area (Å²) in [6, 6.07) is 10.5. The molecular weight excluding hydrogens is 419 g/mol. The van der Waals surface area contributed by atoms with E-state index in [1.807, 2.05) is 17.5 Å². The van der Waals surface area contributed by atoms with Crippen LogP contribution in [0.4, 0.5) is 5.69 Å². The van der Waals surface area contributed by atoms with Crippen molar-refractivity contribution in [1.29, 1.82) is 0 Å². The molecule has 3 heterocycles. The number of hydrogen-bond donors (Lipinski definition) is 1. The third kappa shape index (κ3) is 3.64. The number of fused-ring (bicyclic) bond motifs is 1. The molecule has 1 N–H and O–H groups in total. The molecule has 0 bridgehead atoms. The van der Waals surface area contributed by atoms with Crippen LogP contribution >= 0.6 is 34.5 Å². The van der Waals surface area contributed by atoms with Gasteiger partial charge in [-0.3, -0.25) is 14.2 Å². The van der Waals surface area contributed by atoms with Gasteiger partial charge in [0.1, 0.15) is 11.4 Å². The second-order valence-corrected chi connectivity index (χ2v) is 7.56. The van der Waals surface area contributed by atoms with Crippen LogP contribution in [0.5, 0.6) is 0 Å². The molecule has 9 heteroatoms. The van der Waals surface area contributed by atoms with Crippen LogP contribution in [-0.2, 0) is 11.3 Å². The lowest BCUT2D eigenvalue weighted by molar-refractivity contribution is -0.116. The minimum Gasteiger partial charge on any atom is -0.322 e. The highest BCUT2D eigenvalue weighted by molar-refractivity contribution is 7.17. The monoisotopic (exact) mass is 430 g/mol. The summed E-state index contributed by atoms with van der Waals surface area (Å²) in [5.74, 6) is -0.401. The summed E-state index contributed by atoms with van der Waals surface area (Å²) in [6.07, 6.45) is 2.90. The number of halogens is 2. The Morgan fingerprint density at radius 2 is 1.93 bits per heavy atom. The van der Waals surface area contributed by atoms with Crippen molar-refractivity contribution in [1.82, 2.24) is 14.5 Å². The van der Waals surface area contributed by atoms with E-state index in [0.29, 0.717) is 20.9 Å². The van der Waals surface area contributed by atoms with Gasteiger partial charge < -0.3 is 5.32 Å². The number of nitrogens with one attached hydrogen (secondary N) is 1. The molecule has 1 aromatic carbocycles. The van der Waals surface area contributed by atoms with E-state index in [9.17, 15) is 9.59 Å². The van der Waals surface area contributed by atoms with Crippen molar-refractivity contribution in [3.05, 3.63) is 74.8 Å². The second-order valence-electron chi connectivity index (χ2n) is 5.90. The van der Waals surface area contributed by atoms with E-state index in [-0.39, 0.29) is 17.3 Å². The number of carbonyl (C=O) groups is 1. The maximum Gasteiger partial charge on any atom is 0.263 e.